The molecule has 0 spiro atoms. The second-order valence-electron chi connectivity index (χ2n) is 5.15. The number of ether oxygens (including phenoxy) is 1. The number of benzene rings is 1. The first kappa shape index (κ1) is 14.5. The molecule has 0 saturated carbocycles. The number of carboxylic acids is 1. The number of nitrogens with one attached hydrogen (secondary N) is 1. The molecule has 3 rings (SSSR count). The van der Waals surface area contributed by atoms with E-state index in [4.69, 9.17) is 9.84 Å². The molecule has 8 heteroatoms. The van der Waals surface area contributed by atoms with Gasteiger partial charge < -0.3 is 14.4 Å². The predicted octanol–water partition coefficient (Wildman–Crippen LogP) is 1.28. The molecule has 22 heavy (non-hydrogen) atoms. The molecule has 1 amide bonds. The Kier molecular flexibility index (Phi) is 3.53. The van der Waals surface area contributed by atoms with Crippen molar-refractivity contribution < 1.29 is 23.8 Å². The van der Waals surface area contributed by atoms with Gasteiger partial charge in [-0.1, -0.05) is 0 Å². The Balaban J connectivity index is 1.77. The number of carbonyl (C=O) groups excluding carboxylic acids is 1. The van der Waals surface area contributed by atoms with E-state index in [2.05, 4.69) is 10.3 Å². The minimum absolute atomic E-state index is 0.257. The van der Waals surface area contributed by atoms with Gasteiger partial charge in [-0.3, -0.25) is 10.1 Å². The highest BCUT2D eigenvalue weighted by atomic mass is 19.1. The van der Waals surface area contributed by atoms with Gasteiger partial charge >= 0.3 is 5.97 Å². The third-order valence-electron chi connectivity index (χ3n) is 3.67. The summed E-state index contributed by atoms with van der Waals surface area (Å²) < 4.78 is 20.0. The first-order chi connectivity index (χ1) is 10.5. The zero-order valence-corrected chi connectivity index (χ0v) is 11.7. The second kappa shape index (κ2) is 5.38. The zero-order chi connectivity index (χ0) is 15.9. The fraction of sp³-hybridized carbons (Fsp3) is 0.357. The quantitative estimate of drug-likeness (QED) is 0.891. The van der Waals surface area contributed by atoms with E-state index in [1.165, 1.54) is 12.1 Å². The van der Waals surface area contributed by atoms with Gasteiger partial charge in [0, 0.05) is 13.1 Å². The summed E-state index contributed by atoms with van der Waals surface area (Å²) in [6, 6.07) is 4.16. The van der Waals surface area contributed by atoms with Gasteiger partial charge in [0.2, 0.25) is 5.95 Å². The van der Waals surface area contributed by atoms with Gasteiger partial charge in [0.1, 0.15) is 11.9 Å². The molecule has 1 aromatic heterocycles. The number of carboxylic acid groups (broad SMARTS) is 1. The number of carbonyl (C=O) groups is 2. The van der Waals surface area contributed by atoms with Crippen molar-refractivity contribution in [3.63, 3.8) is 0 Å². The van der Waals surface area contributed by atoms with Crippen molar-refractivity contribution in [3.8, 4) is 0 Å². The summed E-state index contributed by atoms with van der Waals surface area (Å²) in [7, 11) is 1.69. The molecule has 2 aromatic rings. The summed E-state index contributed by atoms with van der Waals surface area (Å²) in [5.74, 6) is -1.68. The Labute approximate surface area is 124 Å². The molecule has 2 N–H and O–H groups in total. The largest absolute Gasteiger partial charge is 0.479 e. The predicted molar refractivity (Wildman–Crippen MR) is 74.8 cm³/mol. The van der Waals surface area contributed by atoms with Crippen LogP contribution in [0.4, 0.5) is 10.3 Å². The number of hydrogen-bond acceptors (Lipinski definition) is 4. The number of aromatic nitrogens is 2. The van der Waals surface area contributed by atoms with Crippen LogP contribution in [0.2, 0.25) is 0 Å². The average Bonchev–Trinajstić information content (AvgIpc) is 3.05. The minimum atomic E-state index is -1.08. The molecule has 1 aliphatic rings. The molecule has 0 aliphatic carbocycles. The molecular formula is C14H14FN3O4. The lowest BCUT2D eigenvalue weighted by Gasteiger charge is -2.11. The molecule has 1 aromatic carbocycles. The number of aryl methyl sites for hydroxylation is 1. The van der Waals surface area contributed by atoms with E-state index < -0.39 is 29.9 Å². The monoisotopic (exact) mass is 307 g/mol. The van der Waals surface area contributed by atoms with Crippen molar-refractivity contribution in [1.82, 2.24) is 9.55 Å². The Morgan fingerprint density at radius 1 is 1.41 bits per heavy atom. The van der Waals surface area contributed by atoms with Gasteiger partial charge in [0.25, 0.3) is 5.91 Å². The first-order valence-corrected chi connectivity index (χ1v) is 6.77. The lowest BCUT2D eigenvalue weighted by Crippen LogP contribution is -2.30. The van der Waals surface area contributed by atoms with E-state index in [1.807, 2.05) is 0 Å². The molecule has 1 aliphatic heterocycles. The summed E-state index contributed by atoms with van der Waals surface area (Å²) in [6.45, 7) is 0. The molecular weight excluding hydrogens is 293 g/mol. The number of rotatable bonds is 3. The van der Waals surface area contributed by atoms with Crippen LogP contribution in [0.15, 0.2) is 18.2 Å². The molecule has 0 unspecified atom stereocenters. The lowest BCUT2D eigenvalue weighted by molar-refractivity contribution is -0.150. The van der Waals surface area contributed by atoms with Crippen LogP contribution in [0.5, 0.6) is 0 Å². The number of anilines is 1. The van der Waals surface area contributed by atoms with Crippen LogP contribution in [0, 0.1) is 5.82 Å². The molecule has 1 saturated heterocycles. The van der Waals surface area contributed by atoms with Gasteiger partial charge in [-0.15, -0.1) is 0 Å². The van der Waals surface area contributed by atoms with Crippen LogP contribution >= 0.6 is 0 Å². The number of amides is 1. The van der Waals surface area contributed by atoms with Crippen LogP contribution in [0.3, 0.4) is 0 Å². The SMILES string of the molecule is Cn1c(NC(=O)[C@@H]2CC[C@H](C(=O)O)O2)nc2cc(F)ccc21. The van der Waals surface area contributed by atoms with Crippen LogP contribution in [0.25, 0.3) is 11.0 Å². The van der Waals surface area contributed by atoms with Gasteiger partial charge in [-0.25, -0.2) is 14.2 Å². The van der Waals surface area contributed by atoms with Crippen LogP contribution < -0.4 is 5.32 Å². The third-order valence-corrected chi connectivity index (χ3v) is 3.67. The normalized spacial score (nSPS) is 21.2. The lowest BCUT2D eigenvalue weighted by atomic mass is 10.2. The third kappa shape index (κ3) is 2.52. The fourth-order valence-electron chi connectivity index (χ4n) is 2.49. The number of imidazole rings is 1. The maximum atomic E-state index is 13.2. The van der Waals surface area contributed by atoms with E-state index in [0.29, 0.717) is 23.9 Å². The van der Waals surface area contributed by atoms with E-state index in [9.17, 15) is 14.0 Å². The molecule has 7 nitrogen and oxygen atoms in total. The number of fused-ring (bicyclic) bond motifs is 1. The Hall–Kier alpha value is -2.48. The number of nitrogens with zero attached hydrogens (tertiary/aromatic N) is 2. The maximum Gasteiger partial charge on any atom is 0.332 e. The highest BCUT2D eigenvalue weighted by Crippen LogP contribution is 2.23. The molecule has 0 radical (unpaired) electrons. The van der Waals surface area contributed by atoms with Crippen molar-refractivity contribution >= 4 is 28.9 Å². The molecule has 2 atom stereocenters. The van der Waals surface area contributed by atoms with Crippen molar-refractivity contribution in [2.75, 3.05) is 5.32 Å². The summed E-state index contributed by atoms with van der Waals surface area (Å²) in [5, 5.41) is 11.5. The number of halogens is 1. The summed E-state index contributed by atoms with van der Waals surface area (Å²) in [5.41, 5.74) is 1.10. The molecule has 2 heterocycles. The minimum Gasteiger partial charge on any atom is -0.479 e. The maximum absolute atomic E-state index is 13.2. The van der Waals surface area contributed by atoms with Gasteiger partial charge in [0.05, 0.1) is 11.0 Å². The second-order valence-corrected chi connectivity index (χ2v) is 5.15. The zero-order valence-electron chi connectivity index (χ0n) is 11.7. The summed E-state index contributed by atoms with van der Waals surface area (Å²) in [4.78, 5) is 27.1. The van der Waals surface area contributed by atoms with Crippen LogP contribution in [-0.2, 0) is 21.4 Å². The summed E-state index contributed by atoms with van der Waals surface area (Å²) >= 11 is 0. The highest BCUT2D eigenvalue weighted by Gasteiger charge is 2.35. The van der Waals surface area contributed by atoms with E-state index in [0.717, 1.165) is 0 Å². The van der Waals surface area contributed by atoms with Crippen molar-refractivity contribution in [2.24, 2.45) is 7.05 Å². The first-order valence-electron chi connectivity index (χ1n) is 6.77. The highest BCUT2D eigenvalue weighted by molar-refractivity contribution is 5.95. The van der Waals surface area contributed by atoms with Crippen LogP contribution in [-0.4, -0.2) is 38.7 Å². The number of hydrogen-bond donors (Lipinski definition) is 2. The fourth-order valence-corrected chi connectivity index (χ4v) is 2.49. The summed E-state index contributed by atoms with van der Waals surface area (Å²) in [6.07, 6.45) is -1.15. The van der Waals surface area contributed by atoms with Crippen molar-refractivity contribution in [3.05, 3.63) is 24.0 Å². The molecule has 1 fully saturated rings. The Morgan fingerprint density at radius 3 is 2.82 bits per heavy atom. The molecule has 116 valence electrons. The van der Waals surface area contributed by atoms with E-state index in [-0.39, 0.29) is 5.95 Å². The molecule has 0 bridgehead atoms. The van der Waals surface area contributed by atoms with Gasteiger partial charge in [-0.2, -0.15) is 0 Å². The van der Waals surface area contributed by atoms with Crippen LogP contribution in [0.1, 0.15) is 12.8 Å². The van der Waals surface area contributed by atoms with Crippen molar-refractivity contribution in [2.45, 2.75) is 25.0 Å². The standard InChI is InChI=1S/C14H14FN3O4/c1-18-9-3-2-7(15)6-8(9)16-14(18)17-12(19)10-4-5-11(22-10)13(20)21/h2-3,6,10-11H,4-5H2,1H3,(H,20,21)(H,16,17,19)/t10-,11+/m0/s1. The topological polar surface area (TPSA) is 93.5 Å². The number of aliphatic carboxylic acids is 1. The van der Waals surface area contributed by atoms with Gasteiger partial charge in [0.15, 0.2) is 6.10 Å². The van der Waals surface area contributed by atoms with Gasteiger partial charge in [-0.05, 0) is 25.0 Å². The van der Waals surface area contributed by atoms with E-state index >= 15 is 0 Å². The average molecular weight is 307 g/mol. The Bertz CT molecular complexity index is 758. The van der Waals surface area contributed by atoms with E-state index in [1.54, 1.807) is 17.7 Å². The van der Waals surface area contributed by atoms with Crippen molar-refractivity contribution in [1.29, 1.82) is 0 Å². The Morgan fingerprint density at radius 2 is 2.14 bits per heavy atom. The smallest absolute Gasteiger partial charge is 0.332 e.